The Morgan fingerprint density at radius 1 is 1.54 bits per heavy atom. The Hall–Kier alpha value is -1.35. The highest BCUT2D eigenvalue weighted by Crippen LogP contribution is 2.21. The van der Waals surface area contributed by atoms with Gasteiger partial charge in [-0.05, 0) is 30.2 Å². The maximum Gasteiger partial charge on any atom is 0.167 e. The predicted molar refractivity (Wildman–Crippen MR) is 50.9 cm³/mol. The van der Waals surface area contributed by atoms with Crippen molar-refractivity contribution in [1.82, 2.24) is 0 Å². The summed E-state index contributed by atoms with van der Waals surface area (Å²) in [5.74, 6) is -0.887. The fraction of sp³-hybridized carbons (Fsp3) is 0.200. The number of benzene rings is 1. The van der Waals surface area contributed by atoms with E-state index in [9.17, 15) is 4.39 Å². The predicted octanol–water partition coefficient (Wildman–Crippen LogP) is 1.81. The summed E-state index contributed by atoms with van der Waals surface area (Å²) in [6, 6.07) is 3.02. The van der Waals surface area contributed by atoms with Crippen LogP contribution in [0.3, 0.4) is 0 Å². The number of hydrogen-bond donors (Lipinski definition) is 2. The molecule has 0 saturated carbocycles. The number of phenols is 1. The lowest BCUT2D eigenvalue weighted by atomic mass is 10.1. The van der Waals surface area contributed by atoms with Crippen LogP contribution in [0.25, 0.3) is 6.08 Å². The number of aromatic hydroxyl groups is 1. The molecule has 1 aromatic carbocycles. The third-order valence-electron chi connectivity index (χ3n) is 1.70. The molecule has 0 amide bonds. The third kappa shape index (κ3) is 2.29. The summed E-state index contributed by atoms with van der Waals surface area (Å²) in [7, 11) is 0. The van der Waals surface area contributed by atoms with Crippen LogP contribution in [0.1, 0.15) is 11.1 Å². The summed E-state index contributed by atoms with van der Waals surface area (Å²) in [4.78, 5) is 0. The van der Waals surface area contributed by atoms with E-state index in [1.807, 2.05) is 0 Å². The lowest BCUT2D eigenvalue weighted by Gasteiger charge is -2.01. The van der Waals surface area contributed by atoms with Gasteiger partial charge in [0.05, 0.1) is 0 Å². The van der Waals surface area contributed by atoms with Crippen LogP contribution in [-0.2, 0) is 0 Å². The SMILES string of the molecule is Cc1cc(/C=C/CN)cc(O)c1F. The summed E-state index contributed by atoms with van der Waals surface area (Å²) in [6.07, 6.45) is 3.48. The Labute approximate surface area is 76.5 Å². The first-order chi connectivity index (χ1) is 6.15. The Bertz CT molecular complexity index is 311. The van der Waals surface area contributed by atoms with Crippen molar-refractivity contribution >= 4 is 6.08 Å². The molecule has 3 heteroatoms. The molecule has 0 atom stereocenters. The topological polar surface area (TPSA) is 46.2 Å². The molecule has 0 heterocycles. The molecular weight excluding hydrogens is 169 g/mol. The van der Waals surface area contributed by atoms with Gasteiger partial charge in [-0.15, -0.1) is 0 Å². The van der Waals surface area contributed by atoms with Gasteiger partial charge >= 0.3 is 0 Å². The van der Waals surface area contributed by atoms with E-state index in [0.717, 1.165) is 5.56 Å². The van der Waals surface area contributed by atoms with Gasteiger partial charge in [0.2, 0.25) is 0 Å². The first kappa shape index (κ1) is 9.74. The minimum atomic E-state index is -0.565. The Morgan fingerprint density at radius 3 is 2.77 bits per heavy atom. The van der Waals surface area contributed by atoms with Crippen LogP contribution in [0.15, 0.2) is 18.2 Å². The van der Waals surface area contributed by atoms with Crippen LogP contribution < -0.4 is 5.73 Å². The molecule has 1 rings (SSSR count). The van der Waals surface area contributed by atoms with Gasteiger partial charge in [0.15, 0.2) is 11.6 Å². The summed E-state index contributed by atoms with van der Waals surface area (Å²) in [6.45, 7) is 2.03. The molecule has 0 fully saturated rings. The van der Waals surface area contributed by atoms with Gasteiger partial charge in [-0.25, -0.2) is 4.39 Å². The second-order valence-electron chi connectivity index (χ2n) is 2.81. The molecule has 3 N–H and O–H groups in total. The second-order valence-corrected chi connectivity index (χ2v) is 2.81. The van der Waals surface area contributed by atoms with Gasteiger partial charge in [-0.2, -0.15) is 0 Å². The van der Waals surface area contributed by atoms with Gasteiger partial charge in [-0.3, -0.25) is 0 Å². The number of phenolic OH excluding ortho intramolecular Hbond substituents is 1. The molecule has 2 nitrogen and oxygen atoms in total. The second kappa shape index (κ2) is 4.05. The van der Waals surface area contributed by atoms with Gasteiger partial charge in [0, 0.05) is 6.54 Å². The fourth-order valence-corrected chi connectivity index (χ4v) is 1.08. The summed E-state index contributed by atoms with van der Waals surface area (Å²) >= 11 is 0. The van der Waals surface area contributed by atoms with Gasteiger partial charge < -0.3 is 10.8 Å². The summed E-state index contributed by atoms with van der Waals surface area (Å²) < 4.78 is 12.9. The van der Waals surface area contributed by atoms with Crippen molar-refractivity contribution in [3.05, 3.63) is 35.2 Å². The molecule has 0 aliphatic rings. The normalized spacial score (nSPS) is 11.0. The smallest absolute Gasteiger partial charge is 0.167 e. The maximum absolute atomic E-state index is 12.9. The summed E-state index contributed by atoms with van der Waals surface area (Å²) in [5.41, 5.74) is 6.44. The van der Waals surface area contributed by atoms with E-state index in [4.69, 9.17) is 10.8 Å². The third-order valence-corrected chi connectivity index (χ3v) is 1.70. The largest absolute Gasteiger partial charge is 0.505 e. The average Bonchev–Trinajstić information content (AvgIpc) is 2.10. The number of aryl methyl sites for hydroxylation is 1. The molecule has 0 aliphatic heterocycles. The van der Waals surface area contributed by atoms with E-state index in [1.165, 1.54) is 6.07 Å². The zero-order valence-electron chi connectivity index (χ0n) is 7.42. The summed E-state index contributed by atoms with van der Waals surface area (Å²) in [5, 5.41) is 9.14. The first-order valence-corrected chi connectivity index (χ1v) is 4.01. The Balaban J connectivity index is 3.06. The van der Waals surface area contributed by atoms with E-state index < -0.39 is 5.82 Å². The van der Waals surface area contributed by atoms with Crippen molar-refractivity contribution in [3.8, 4) is 5.75 Å². The van der Waals surface area contributed by atoms with Crippen LogP contribution in [0.4, 0.5) is 4.39 Å². The minimum Gasteiger partial charge on any atom is -0.505 e. The van der Waals surface area contributed by atoms with E-state index in [2.05, 4.69) is 0 Å². The molecular formula is C10H12FNO. The Kier molecular flexibility index (Phi) is 3.03. The first-order valence-electron chi connectivity index (χ1n) is 4.01. The molecule has 13 heavy (non-hydrogen) atoms. The molecule has 0 aromatic heterocycles. The molecule has 0 saturated heterocycles. The van der Waals surface area contributed by atoms with Gasteiger partial charge in [0.25, 0.3) is 0 Å². The van der Waals surface area contributed by atoms with Crippen LogP contribution >= 0.6 is 0 Å². The highest BCUT2D eigenvalue weighted by atomic mass is 19.1. The highest BCUT2D eigenvalue weighted by Gasteiger charge is 2.04. The quantitative estimate of drug-likeness (QED) is 0.730. The number of halogens is 1. The van der Waals surface area contributed by atoms with Crippen molar-refractivity contribution in [1.29, 1.82) is 0 Å². The monoisotopic (exact) mass is 181 g/mol. The van der Waals surface area contributed by atoms with Crippen LogP contribution in [-0.4, -0.2) is 11.7 Å². The van der Waals surface area contributed by atoms with Crippen molar-refractivity contribution in [2.75, 3.05) is 6.54 Å². The number of hydrogen-bond acceptors (Lipinski definition) is 2. The van der Waals surface area contributed by atoms with Crippen molar-refractivity contribution in [3.63, 3.8) is 0 Å². The van der Waals surface area contributed by atoms with Crippen LogP contribution in [0.2, 0.25) is 0 Å². The van der Waals surface area contributed by atoms with E-state index in [-0.39, 0.29) is 5.75 Å². The van der Waals surface area contributed by atoms with Crippen LogP contribution in [0.5, 0.6) is 5.75 Å². The van der Waals surface area contributed by atoms with Crippen molar-refractivity contribution < 1.29 is 9.50 Å². The van der Waals surface area contributed by atoms with Crippen molar-refractivity contribution in [2.45, 2.75) is 6.92 Å². The Morgan fingerprint density at radius 2 is 2.23 bits per heavy atom. The van der Waals surface area contributed by atoms with E-state index >= 15 is 0 Å². The molecule has 70 valence electrons. The lowest BCUT2D eigenvalue weighted by Crippen LogP contribution is -1.92. The average molecular weight is 181 g/mol. The molecule has 0 aliphatic carbocycles. The molecule has 0 bridgehead atoms. The van der Waals surface area contributed by atoms with Crippen molar-refractivity contribution in [2.24, 2.45) is 5.73 Å². The number of rotatable bonds is 2. The van der Waals surface area contributed by atoms with E-state index in [1.54, 1.807) is 25.1 Å². The number of nitrogens with two attached hydrogens (primary N) is 1. The molecule has 0 radical (unpaired) electrons. The minimum absolute atomic E-state index is 0.323. The van der Waals surface area contributed by atoms with E-state index in [0.29, 0.717) is 12.1 Å². The zero-order chi connectivity index (χ0) is 9.84. The fourth-order valence-electron chi connectivity index (χ4n) is 1.08. The van der Waals surface area contributed by atoms with Crippen LogP contribution in [0, 0.1) is 12.7 Å². The molecule has 1 aromatic rings. The molecule has 0 spiro atoms. The van der Waals surface area contributed by atoms with Gasteiger partial charge in [0.1, 0.15) is 0 Å². The standard InChI is InChI=1S/C10H12FNO/c1-7-5-8(3-2-4-12)6-9(13)10(7)11/h2-3,5-6,13H,4,12H2,1H3/b3-2+. The van der Waals surface area contributed by atoms with Gasteiger partial charge in [-0.1, -0.05) is 12.2 Å². The lowest BCUT2D eigenvalue weighted by molar-refractivity contribution is 0.430. The highest BCUT2D eigenvalue weighted by molar-refractivity contribution is 5.53. The molecule has 0 unspecified atom stereocenters. The maximum atomic E-state index is 12.9. The zero-order valence-corrected chi connectivity index (χ0v) is 7.42.